The minimum atomic E-state index is -1.10. The van der Waals surface area contributed by atoms with Crippen LogP contribution in [0.3, 0.4) is 0 Å². The molecule has 2 amide bonds. The van der Waals surface area contributed by atoms with Gasteiger partial charge in [0.25, 0.3) is 0 Å². The molecule has 2 heterocycles. The molecule has 1 saturated heterocycles. The van der Waals surface area contributed by atoms with Crippen LogP contribution in [-0.2, 0) is 9.59 Å². The first-order chi connectivity index (χ1) is 12.5. The van der Waals surface area contributed by atoms with E-state index in [2.05, 4.69) is 15.3 Å². The summed E-state index contributed by atoms with van der Waals surface area (Å²) in [6.45, 7) is 4.13. The summed E-state index contributed by atoms with van der Waals surface area (Å²) in [7, 11) is -0.642. The number of rotatable bonds is 5. The molecule has 1 aromatic carbocycles. The Bertz CT molecular complexity index is 863. The molecule has 136 valence electrons. The van der Waals surface area contributed by atoms with Crippen molar-refractivity contribution in [3.05, 3.63) is 36.3 Å². The van der Waals surface area contributed by atoms with E-state index in [4.69, 9.17) is 0 Å². The third-order valence-electron chi connectivity index (χ3n) is 4.23. The van der Waals surface area contributed by atoms with Gasteiger partial charge >= 0.3 is 0 Å². The van der Waals surface area contributed by atoms with Gasteiger partial charge < -0.3 is 10.2 Å². The summed E-state index contributed by atoms with van der Waals surface area (Å²) in [5.41, 5.74) is 1.04. The third-order valence-corrected chi connectivity index (χ3v) is 5.44. The highest BCUT2D eigenvalue weighted by molar-refractivity contribution is 7.64. The number of nitrogens with one attached hydrogen (secondary N) is 1. The van der Waals surface area contributed by atoms with Crippen LogP contribution in [0.4, 0.5) is 14.5 Å². The van der Waals surface area contributed by atoms with Crippen LogP contribution in [0.5, 0.6) is 0 Å². The third kappa shape index (κ3) is 3.17. The molecule has 3 rings (SSSR count). The van der Waals surface area contributed by atoms with Crippen molar-refractivity contribution in [3.63, 3.8) is 0 Å². The Balaban J connectivity index is 2.01. The first-order valence-corrected chi connectivity index (χ1v) is 10.2. The quantitative estimate of drug-likeness (QED) is 0.634. The van der Waals surface area contributed by atoms with E-state index in [9.17, 15) is 18.4 Å². The molecule has 0 radical (unpaired) electrons. The summed E-state index contributed by atoms with van der Waals surface area (Å²) in [4.78, 5) is 32.1. The number of halogens is 2. The predicted octanol–water partition coefficient (Wildman–Crippen LogP) is 1.64. The van der Waals surface area contributed by atoms with Gasteiger partial charge in [-0.2, -0.15) is 0 Å². The van der Waals surface area contributed by atoms with Crippen LogP contribution in [0.2, 0.25) is 0 Å². The number of nitrogens with zero attached hydrogens (tertiary/aromatic N) is 3. The Morgan fingerprint density at radius 3 is 2.73 bits per heavy atom. The smallest absolute Gasteiger partial charge is 0.249 e. The van der Waals surface area contributed by atoms with E-state index < -0.39 is 31.5 Å². The average molecular weight is 378 g/mol. The molecule has 1 unspecified atom stereocenters. The van der Waals surface area contributed by atoms with Gasteiger partial charge in [-0.3, -0.25) is 9.59 Å². The van der Waals surface area contributed by atoms with Crippen LogP contribution in [0.15, 0.2) is 24.7 Å². The average Bonchev–Trinajstić information content (AvgIpc) is 2.98. The van der Waals surface area contributed by atoms with E-state index >= 15 is 0 Å². The molecule has 1 aliphatic heterocycles. The Morgan fingerprint density at radius 1 is 1.27 bits per heavy atom. The first-order valence-electron chi connectivity index (χ1n) is 7.92. The number of amides is 2. The first kappa shape index (κ1) is 18.3. The molecule has 2 aromatic rings. The summed E-state index contributed by atoms with van der Waals surface area (Å²) in [6, 6.07) is 2.09. The molecule has 0 saturated carbocycles. The zero-order valence-electron chi connectivity index (χ0n) is 14.2. The maximum atomic E-state index is 14.8. The van der Waals surface area contributed by atoms with Crippen molar-refractivity contribution in [2.75, 3.05) is 24.8 Å². The zero-order valence-corrected chi connectivity index (χ0v) is 15.1. The van der Waals surface area contributed by atoms with Crippen molar-refractivity contribution >= 4 is 31.4 Å². The Morgan fingerprint density at radius 2 is 2.04 bits per heavy atom. The van der Waals surface area contributed by atoms with Gasteiger partial charge in [0.1, 0.15) is 12.4 Å². The number of anilines is 1. The lowest BCUT2D eigenvalue weighted by Gasteiger charge is -2.19. The number of hydrogen-bond donors (Lipinski definition) is 1. The van der Waals surface area contributed by atoms with E-state index in [0.717, 1.165) is 4.90 Å². The molecule has 1 aliphatic rings. The summed E-state index contributed by atoms with van der Waals surface area (Å²) in [6.07, 6.45) is 3.61. The Hall–Kier alpha value is -2.47. The van der Waals surface area contributed by atoms with Gasteiger partial charge in [0.05, 0.1) is 11.1 Å². The minimum Gasteiger partial charge on any atom is -0.347 e. The van der Waals surface area contributed by atoms with Gasteiger partial charge in [0.15, 0.2) is 11.6 Å². The van der Waals surface area contributed by atoms with Gasteiger partial charge in [-0.15, -0.1) is 0 Å². The highest BCUT2D eigenvalue weighted by Crippen LogP contribution is 2.34. The summed E-state index contributed by atoms with van der Waals surface area (Å²) in [5, 5.41) is 2.38. The van der Waals surface area contributed by atoms with E-state index in [0.29, 0.717) is 23.8 Å². The standard InChI is InChI=1S/C17H17F2N4O2P/c1-26(2)16-11(7-20-8-21-16)10-3-4-13(15(19)14(10)18)23-6-5-12(17(23)25)22-9-24/h3-4,7-9,12H,5-6H2,1-2H3,(H,22,24). The largest absolute Gasteiger partial charge is 0.347 e. The molecule has 9 heteroatoms. The molecular weight excluding hydrogens is 361 g/mol. The fourth-order valence-corrected chi connectivity index (χ4v) is 3.92. The topological polar surface area (TPSA) is 75.2 Å². The minimum absolute atomic E-state index is 0.0623. The van der Waals surface area contributed by atoms with Crippen molar-refractivity contribution in [2.24, 2.45) is 0 Å². The van der Waals surface area contributed by atoms with Crippen molar-refractivity contribution < 1.29 is 18.4 Å². The monoisotopic (exact) mass is 378 g/mol. The second-order valence-corrected chi connectivity index (χ2v) is 8.24. The van der Waals surface area contributed by atoms with Crippen LogP contribution in [0.1, 0.15) is 6.42 Å². The number of aromatic nitrogens is 2. The second-order valence-electron chi connectivity index (χ2n) is 6.03. The molecule has 26 heavy (non-hydrogen) atoms. The predicted molar refractivity (Wildman–Crippen MR) is 95.7 cm³/mol. The molecule has 0 bridgehead atoms. The number of hydrogen-bond acceptors (Lipinski definition) is 4. The van der Waals surface area contributed by atoms with Crippen LogP contribution in [0, 0.1) is 11.6 Å². The van der Waals surface area contributed by atoms with Crippen molar-refractivity contribution in [2.45, 2.75) is 12.5 Å². The summed E-state index contributed by atoms with van der Waals surface area (Å²) >= 11 is 0. The van der Waals surface area contributed by atoms with Gasteiger partial charge in [0.2, 0.25) is 12.3 Å². The summed E-state index contributed by atoms with van der Waals surface area (Å²) < 4.78 is 29.5. The zero-order chi connectivity index (χ0) is 18.8. The molecule has 6 nitrogen and oxygen atoms in total. The fourth-order valence-electron chi connectivity index (χ4n) is 2.98. The number of benzene rings is 1. The molecule has 1 aromatic heterocycles. The maximum absolute atomic E-state index is 14.8. The lowest BCUT2D eigenvalue weighted by molar-refractivity contribution is -0.121. The SMILES string of the molecule is CP(C)c1ncncc1-c1ccc(N2CCC(NC=O)C2=O)c(F)c1F. The highest BCUT2D eigenvalue weighted by atomic mass is 31.1. The highest BCUT2D eigenvalue weighted by Gasteiger charge is 2.34. The van der Waals surface area contributed by atoms with Crippen molar-refractivity contribution in [1.82, 2.24) is 15.3 Å². The van der Waals surface area contributed by atoms with Gasteiger partial charge in [0, 0.05) is 23.9 Å². The van der Waals surface area contributed by atoms with E-state index in [1.165, 1.54) is 24.7 Å². The van der Waals surface area contributed by atoms with Crippen LogP contribution >= 0.6 is 7.92 Å². The van der Waals surface area contributed by atoms with Gasteiger partial charge in [-0.1, -0.05) is 7.92 Å². The molecule has 1 N–H and O–H groups in total. The van der Waals surface area contributed by atoms with E-state index in [-0.39, 0.29) is 17.8 Å². The molecule has 0 aliphatic carbocycles. The normalized spacial score (nSPS) is 17.0. The number of carbonyl (C=O) groups excluding carboxylic acids is 2. The van der Waals surface area contributed by atoms with E-state index in [1.54, 1.807) is 0 Å². The molecule has 0 spiro atoms. The Kier molecular flexibility index (Phi) is 5.23. The van der Waals surface area contributed by atoms with Gasteiger partial charge in [-0.05, 0) is 31.9 Å². The van der Waals surface area contributed by atoms with E-state index in [1.807, 2.05) is 13.3 Å². The van der Waals surface area contributed by atoms with Crippen molar-refractivity contribution in [3.8, 4) is 11.1 Å². The van der Waals surface area contributed by atoms with Crippen LogP contribution in [0.25, 0.3) is 11.1 Å². The lowest BCUT2D eigenvalue weighted by atomic mass is 10.1. The fraction of sp³-hybridized carbons (Fsp3) is 0.294. The van der Waals surface area contributed by atoms with Crippen molar-refractivity contribution in [1.29, 1.82) is 0 Å². The Labute approximate surface area is 150 Å². The molecule has 1 atom stereocenters. The van der Waals surface area contributed by atoms with Crippen LogP contribution < -0.4 is 15.7 Å². The number of carbonyl (C=O) groups is 2. The molecular formula is C17H17F2N4O2P. The second kappa shape index (κ2) is 7.41. The molecule has 1 fully saturated rings. The van der Waals surface area contributed by atoms with Crippen LogP contribution in [-0.4, -0.2) is 48.2 Å². The maximum Gasteiger partial charge on any atom is 0.249 e. The van der Waals surface area contributed by atoms with Gasteiger partial charge in [-0.25, -0.2) is 18.7 Å². The summed E-state index contributed by atoms with van der Waals surface area (Å²) in [5.74, 6) is -2.61. The lowest BCUT2D eigenvalue weighted by Crippen LogP contribution is -2.38.